The number of carbonyl (C=O) groups excluding carboxylic acids is 1. The molecule has 0 fully saturated rings. The summed E-state index contributed by atoms with van der Waals surface area (Å²) in [5.74, 6) is 1.52. The molecule has 0 bridgehead atoms. The van der Waals surface area contributed by atoms with Gasteiger partial charge < -0.3 is 9.88 Å². The van der Waals surface area contributed by atoms with E-state index in [0.717, 1.165) is 23.0 Å². The van der Waals surface area contributed by atoms with Crippen molar-refractivity contribution in [1.29, 1.82) is 0 Å². The summed E-state index contributed by atoms with van der Waals surface area (Å²) in [7, 11) is 0. The number of hydrogen-bond acceptors (Lipinski definition) is 3. The molecule has 3 heterocycles. The minimum atomic E-state index is -0.117. The van der Waals surface area contributed by atoms with Crippen molar-refractivity contribution in [3.05, 3.63) is 59.6 Å². The second-order valence-corrected chi connectivity index (χ2v) is 6.45. The first-order valence-electron chi connectivity index (χ1n) is 8.34. The summed E-state index contributed by atoms with van der Waals surface area (Å²) >= 11 is 0. The summed E-state index contributed by atoms with van der Waals surface area (Å²) in [4.78, 5) is 21.2. The standard InChI is InChI=1S/C19H23N5O/c1-12(2)24-13(3)10-17(14(24)4)19(25)22-16-6-7-18(21-11-16)23-9-8-20-15(23)5/h6-12H,1-5H3,(H,22,25). The smallest absolute Gasteiger partial charge is 0.257 e. The van der Waals surface area contributed by atoms with Crippen LogP contribution in [0, 0.1) is 20.8 Å². The Morgan fingerprint density at radius 1 is 1.16 bits per heavy atom. The Balaban J connectivity index is 1.80. The number of nitrogens with zero attached hydrogens (tertiary/aromatic N) is 4. The molecule has 0 unspecified atom stereocenters. The molecule has 1 N–H and O–H groups in total. The van der Waals surface area contributed by atoms with Crippen molar-refractivity contribution in [3.8, 4) is 5.82 Å². The van der Waals surface area contributed by atoms with Gasteiger partial charge in [0.1, 0.15) is 11.6 Å². The molecule has 6 heteroatoms. The van der Waals surface area contributed by atoms with Crippen LogP contribution < -0.4 is 5.32 Å². The average molecular weight is 337 g/mol. The molecule has 130 valence electrons. The maximum absolute atomic E-state index is 12.6. The highest BCUT2D eigenvalue weighted by Crippen LogP contribution is 2.21. The Labute approximate surface area is 147 Å². The predicted molar refractivity (Wildman–Crippen MR) is 98.3 cm³/mol. The summed E-state index contributed by atoms with van der Waals surface area (Å²) in [6.45, 7) is 10.1. The maximum Gasteiger partial charge on any atom is 0.257 e. The zero-order valence-corrected chi connectivity index (χ0v) is 15.2. The highest BCUT2D eigenvalue weighted by atomic mass is 16.1. The van der Waals surface area contributed by atoms with E-state index < -0.39 is 0 Å². The third kappa shape index (κ3) is 3.20. The zero-order valence-electron chi connectivity index (χ0n) is 15.2. The van der Waals surface area contributed by atoms with Crippen LogP contribution in [0.3, 0.4) is 0 Å². The molecule has 0 atom stereocenters. The molecule has 0 radical (unpaired) electrons. The number of carbonyl (C=O) groups is 1. The summed E-state index contributed by atoms with van der Waals surface area (Å²) in [5, 5.41) is 2.93. The molecule has 6 nitrogen and oxygen atoms in total. The molecule has 0 spiro atoms. The second kappa shape index (κ2) is 6.55. The normalized spacial score (nSPS) is 11.1. The number of aromatic nitrogens is 4. The fraction of sp³-hybridized carbons (Fsp3) is 0.316. The molecule has 0 aliphatic heterocycles. The SMILES string of the molecule is Cc1nccn1-c1ccc(NC(=O)c2cc(C)n(C(C)C)c2C)cn1. The number of aryl methyl sites for hydroxylation is 2. The van der Waals surface area contributed by atoms with Gasteiger partial charge in [0.15, 0.2) is 0 Å². The first kappa shape index (κ1) is 17.0. The lowest BCUT2D eigenvalue weighted by molar-refractivity contribution is 0.102. The van der Waals surface area contributed by atoms with Gasteiger partial charge in [-0.25, -0.2) is 9.97 Å². The number of imidazole rings is 1. The van der Waals surface area contributed by atoms with Crippen molar-refractivity contribution in [1.82, 2.24) is 19.1 Å². The van der Waals surface area contributed by atoms with Gasteiger partial charge in [-0.2, -0.15) is 0 Å². The fourth-order valence-electron chi connectivity index (χ4n) is 3.22. The third-order valence-corrected chi connectivity index (χ3v) is 4.32. The van der Waals surface area contributed by atoms with Gasteiger partial charge in [0.05, 0.1) is 17.4 Å². The fourth-order valence-corrected chi connectivity index (χ4v) is 3.22. The Kier molecular flexibility index (Phi) is 4.44. The lowest BCUT2D eigenvalue weighted by Crippen LogP contribution is -2.14. The highest BCUT2D eigenvalue weighted by Gasteiger charge is 2.17. The number of nitrogens with one attached hydrogen (secondary N) is 1. The Morgan fingerprint density at radius 3 is 2.44 bits per heavy atom. The highest BCUT2D eigenvalue weighted by molar-refractivity contribution is 6.05. The summed E-state index contributed by atoms with van der Waals surface area (Å²) in [5.41, 5.74) is 3.42. The quantitative estimate of drug-likeness (QED) is 0.787. The van der Waals surface area contributed by atoms with Crippen LogP contribution in [-0.2, 0) is 0 Å². The van der Waals surface area contributed by atoms with E-state index in [1.165, 1.54) is 0 Å². The van der Waals surface area contributed by atoms with Crippen molar-refractivity contribution >= 4 is 11.6 Å². The minimum absolute atomic E-state index is 0.117. The summed E-state index contributed by atoms with van der Waals surface area (Å²) < 4.78 is 4.06. The van der Waals surface area contributed by atoms with E-state index in [1.54, 1.807) is 12.4 Å². The molecule has 3 aromatic rings. The third-order valence-electron chi connectivity index (χ3n) is 4.32. The average Bonchev–Trinajstić information content (AvgIpc) is 3.11. The number of anilines is 1. The molecule has 1 amide bonds. The lowest BCUT2D eigenvalue weighted by Gasteiger charge is -2.13. The minimum Gasteiger partial charge on any atom is -0.346 e. The van der Waals surface area contributed by atoms with Gasteiger partial charge in [-0.15, -0.1) is 0 Å². The molecule has 0 saturated carbocycles. The molecule has 25 heavy (non-hydrogen) atoms. The van der Waals surface area contributed by atoms with Gasteiger partial charge >= 0.3 is 0 Å². The van der Waals surface area contributed by atoms with E-state index in [-0.39, 0.29) is 5.91 Å². The van der Waals surface area contributed by atoms with Crippen LogP contribution in [0.15, 0.2) is 36.8 Å². The Hall–Kier alpha value is -2.89. The first-order chi connectivity index (χ1) is 11.9. The molecular formula is C19H23N5O. The van der Waals surface area contributed by atoms with E-state index >= 15 is 0 Å². The van der Waals surface area contributed by atoms with E-state index in [4.69, 9.17) is 0 Å². The van der Waals surface area contributed by atoms with Crippen LogP contribution in [0.5, 0.6) is 0 Å². The Bertz CT molecular complexity index is 903. The van der Waals surface area contributed by atoms with Gasteiger partial charge in [-0.1, -0.05) is 0 Å². The number of hydrogen-bond donors (Lipinski definition) is 1. The number of amides is 1. The van der Waals surface area contributed by atoms with Gasteiger partial charge in [-0.05, 0) is 52.8 Å². The molecule has 0 aliphatic rings. The first-order valence-corrected chi connectivity index (χ1v) is 8.34. The molecular weight excluding hydrogens is 314 g/mol. The van der Waals surface area contributed by atoms with Crippen LogP contribution in [0.2, 0.25) is 0 Å². The maximum atomic E-state index is 12.6. The van der Waals surface area contributed by atoms with Gasteiger partial charge in [-0.3, -0.25) is 9.36 Å². The molecule has 0 saturated heterocycles. The van der Waals surface area contributed by atoms with Gasteiger partial charge in [0.25, 0.3) is 5.91 Å². The van der Waals surface area contributed by atoms with Crippen molar-refractivity contribution in [3.63, 3.8) is 0 Å². The van der Waals surface area contributed by atoms with Crippen LogP contribution in [0.4, 0.5) is 5.69 Å². The number of pyridine rings is 1. The molecule has 0 aliphatic carbocycles. The van der Waals surface area contributed by atoms with E-state index in [1.807, 2.05) is 49.7 Å². The van der Waals surface area contributed by atoms with Crippen molar-refractivity contribution in [2.24, 2.45) is 0 Å². The van der Waals surface area contributed by atoms with Crippen LogP contribution in [-0.4, -0.2) is 25.0 Å². The zero-order chi connectivity index (χ0) is 18.1. The monoisotopic (exact) mass is 337 g/mol. The summed E-state index contributed by atoms with van der Waals surface area (Å²) in [6, 6.07) is 5.96. The van der Waals surface area contributed by atoms with Gasteiger partial charge in [0, 0.05) is 29.8 Å². The Morgan fingerprint density at radius 2 is 1.92 bits per heavy atom. The predicted octanol–water partition coefficient (Wildman–Crippen LogP) is 3.83. The van der Waals surface area contributed by atoms with Crippen LogP contribution in [0.25, 0.3) is 5.82 Å². The number of rotatable bonds is 4. The van der Waals surface area contributed by atoms with Crippen LogP contribution >= 0.6 is 0 Å². The topological polar surface area (TPSA) is 64.7 Å². The van der Waals surface area contributed by atoms with Crippen molar-refractivity contribution in [2.75, 3.05) is 5.32 Å². The van der Waals surface area contributed by atoms with E-state index in [0.29, 0.717) is 17.3 Å². The second-order valence-electron chi connectivity index (χ2n) is 6.45. The lowest BCUT2D eigenvalue weighted by atomic mass is 10.2. The van der Waals surface area contributed by atoms with Crippen LogP contribution in [0.1, 0.15) is 47.5 Å². The largest absolute Gasteiger partial charge is 0.346 e. The van der Waals surface area contributed by atoms with Crippen molar-refractivity contribution in [2.45, 2.75) is 40.7 Å². The van der Waals surface area contributed by atoms with E-state index in [2.05, 4.69) is 33.7 Å². The molecule has 3 rings (SSSR count). The molecule has 0 aromatic carbocycles. The van der Waals surface area contributed by atoms with E-state index in [9.17, 15) is 4.79 Å². The summed E-state index contributed by atoms with van der Waals surface area (Å²) in [6.07, 6.45) is 5.25. The van der Waals surface area contributed by atoms with Gasteiger partial charge in [0.2, 0.25) is 0 Å². The van der Waals surface area contributed by atoms with Crippen molar-refractivity contribution < 1.29 is 4.79 Å². The molecule has 3 aromatic heterocycles.